The van der Waals surface area contributed by atoms with Gasteiger partial charge in [0.2, 0.25) is 0 Å². The summed E-state index contributed by atoms with van der Waals surface area (Å²) in [6.07, 6.45) is 4.55. The normalized spacial score (nSPS) is 12.3. The molecule has 0 aliphatic carbocycles. The smallest absolute Gasteiger partial charge is 0.380 e. The number of carboxylic acid groups (broad SMARTS) is 1. The summed E-state index contributed by atoms with van der Waals surface area (Å²) in [6, 6.07) is 0. The first-order valence-corrected chi connectivity index (χ1v) is 6.48. The van der Waals surface area contributed by atoms with Crippen LogP contribution in [0.3, 0.4) is 0 Å². The minimum absolute atomic E-state index is 0.0306. The second kappa shape index (κ2) is 7.40. The third kappa shape index (κ3) is 5.53. The highest BCUT2D eigenvalue weighted by atomic mass is 19.3. The summed E-state index contributed by atoms with van der Waals surface area (Å²) in [4.78, 5) is 21.9. The molecule has 112 valence electrons. The molecule has 0 aliphatic rings. The average Bonchev–Trinajstić information content (AvgIpc) is 2.27. The van der Waals surface area contributed by atoms with E-state index in [1.807, 2.05) is 0 Å². The molecule has 6 heteroatoms. The molecule has 0 amide bonds. The number of esters is 1. The van der Waals surface area contributed by atoms with E-state index in [9.17, 15) is 18.4 Å². The van der Waals surface area contributed by atoms with Crippen molar-refractivity contribution < 1.29 is 28.2 Å². The zero-order valence-electron chi connectivity index (χ0n) is 11.7. The molecule has 0 saturated heterocycles. The SMILES string of the molecule is CCCCCCCC(=O)OC(C)(C)C(F)(F)C(=O)O. The molecule has 0 saturated carbocycles. The second-order valence-corrected chi connectivity index (χ2v) is 5.03. The molecule has 0 radical (unpaired) electrons. The van der Waals surface area contributed by atoms with E-state index >= 15 is 0 Å². The Kier molecular flexibility index (Phi) is 6.94. The van der Waals surface area contributed by atoms with Crippen LogP contribution in [-0.2, 0) is 14.3 Å². The fraction of sp³-hybridized carbons (Fsp3) is 0.846. The predicted octanol–water partition coefficient (Wildman–Crippen LogP) is 3.39. The van der Waals surface area contributed by atoms with Crippen molar-refractivity contribution in [1.29, 1.82) is 0 Å². The molecule has 19 heavy (non-hydrogen) atoms. The summed E-state index contributed by atoms with van der Waals surface area (Å²) >= 11 is 0. The van der Waals surface area contributed by atoms with Crippen LogP contribution in [0, 0.1) is 0 Å². The third-order valence-corrected chi connectivity index (χ3v) is 2.88. The summed E-state index contributed by atoms with van der Waals surface area (Å²) < 4.78 is 31.2. The van der Waals surface area contributed by atoms with Gasteiger partial charge in [-0.05, 0) is 20.3 Å². The number of hydrogen-bond donors (Lipinski definition) is 1. The Balaban J connectivity index is 4.21. The van der Waals surface area contributed by atoms with Crippen LogP contribution in [0.5, 0.6) is 0 Å². The molecule has 0 spiro atoms. The van der Waals surface area contributed by atoms with Crippen LogP contribution in [0.2, 0.25) is 0 Å². The Morgan fingerprint density at radius 3 is 2.11 bits per heavy atom. The van der Waals surface area contributed by atoms with Crippen molar-refractivity contribution in [2.45, 2.75) is 70.8 Å². The van der Waals surface area contributed by atoms with Crippen molar-refractivity contribution >= 4 is 11.9 Å². The van der Waals surface area contributed by atoms with E-state index < -0.39 is 23.5 Å². The number of alkyl halides is 2. The molecule has 0 bridgehead atoms. The van der Waals surface area contributed by atoms with Gasteiger partial charge in [0.15, 0.2) is 5.60 Å². The molecule has 0 rings (SSSR count). The summed E-state index contributed by atoms with van der Waals surface area (Å²) in [6.45, 7) is 3.86. The second-order valence-electron chi connectivity index (χ2n) is 5.03. The van der Waals surface area contributed by atoms with Gasteiger partial charge < -0.3 is 9.84 Å². The quantitative estimate of drug-likeness (QED) is 0.519. The first kappa shape index (κ1) is 17.8. The number of aliphatic carboxylic acids is 1. The number of unbranched alkanes of at least 4 members (excludes halogenated alkanes) is 4. The maximum absolute atomic E-state index is 13.3. The van der Waals surface area contributed by atoms with E-state index in [4.69, 9.17) is 5.11 Å². The molecule has 4 nitrogen and oxygen atoms in total. The van der Waals surface area contributed by atoms with Gasteiger partial charge in [0.05, 0.1) is 0 Å². The van der Waals surface area contributed by atoms with Crippen LogP contribution in [0.15, 0.2) is 0 Å². The van der Waals surface area contributed by atoms with Crippen molar-refractivity contribution in [3.05, 3.63) is 0 Å². The number of carbonyl (C=O) groups is 2. The van der Waals surface area contributed by atoms with Crippen LogP contribution in [0.25, 0.3) is 0 Å². The molecule has 0 atom stereocenters. The molecule has 0 heterocycles. The van der Waals surface area contributed by atoms with Gasteiger partial charge in [-0.1, -0.05) is 32.6 Å². The Morgan fingerprint density at radius 1 is 1.11 bits per heavy atom. The van der Waals surface area contributed by atoms with Gasteiger partial charge >= 0.3 is 17.9 Å². The fourth-order valence-corrected chi connectivity index (χ4v) is 1.53. The molecular formula is C13H22F2O4. The average molecular weight is 280 g/mol. The monoisotopic (exact) mass is 280 g/mol. The minimum Gasteiger partial charge on any atom is -0.477 e. The number of ether oxygens (including phenoxy) is 1. The van der Waals surface area contributed by atoms with Gasteiger partial charge in [-0.25, -0.2) is 4.79 Å². The highest BCUT2D eigenvalue weighted by Gasteiger charge is 2.56. The van der Waals surface area contributed by atoms with Gasteiger partial charge in [0.1, 0.15) is 0 Å². The van der Waals surface area contributed by atoms with Gasteiger partial charge in [-0.15, -0.1) is 0 Å². The van der Waals surface area contributed by atoms with Crippen LogP contribution in [-0.4, -0.2) is 28.6 Å². The molecular weight excluding hydrogens is 258 g/mol. The van der Waals surface area contributed by atoms with E-state index in [0.717, 1.165) is 39.5 Å². The van der Waals surface area contributed by atoms with Gasteiger partial charge in [0, 0.05) is 6.42 Å². The van der Waals surface area contributed by atoms with E-state index in [1.54, 1.807) is 0 Å². The molecule has 0 fully saturated rings. The maximum Gasteiger partial charge on any atom is 0.380 e. The lowest BCUT2D eigenvalue weighted by atomic mass is 10.0. The zero-order chi connectivity index (χ0) is 15.1. The van der Waals surface area contributed by atoms with E-state index in [2.05, 4.69) is 11.7 Å². The third-order valence-electron chi connectivity index (χ3n) is 2.88. The van der Waals surface area contributed by atoms with Crippen molar-refractivity contribution in [3.8, 4) is 0 Å². The standard InChI is InChI=1S/C13H22F2O4/c1-4-5-6-7-8-9-10(16)19-12(2,3)13(14,15)11(17)18/h4-9H2,1-3H3,(H,17,18). The van der Waals surface area contributed by atoms with Crippen molar-refractivity contribution in [1.82, 2.24) is 0 Å². The number of halogens is 2. The largest absolute Gasteiger partial charge is 0.477 e. The number of carbonyl (C=O) groups excluding carboxylic acids is 1. The molecule has 0 aromatic heterocycles. The minimum atomic E-state index is -4.11. The van der Waals surface area contributed by atoms with Crippen LogP contribution >= 0.6 is 0 Å². The van der Waals surface area contributed by atoms with E-state index in [0.29, 0.717) is 6.42 Å². The van der Waals surface area contributed by atoms with Gasteiger partial charge in [-0.3, -0.25) is 4.79 Å². The Bertz CT molecular complexity index is 314. The lowest BCUT2D eigenvalue weighted by Crippen LogP contribution is -2.51. The predicted molar refractivity (Wildman–Crippen MR) is 66.1 cm³/mol. The summed E-state index contributed by atoms with van der Waals surface area (Å²) in [5.41, 5.74) is -2.35. The summed E-state index contributed by atoms with van der Waals surface area (Å²) in [7, 11) is 0. The van der Waals surface area contributed by atoms with Crippen molar-refractivity contribution in [3.63, 3.8) is 0 Å². The van der Waals surface area contributed by atoms with Crippen LogP contribution in [0.1, 0.15) is 59.3 Å². The van der Waals surface area contributed by atoms with Gasteiger partial charge in [-0.2, -0.15) is 8.78 Å². The topological polar surface area (TPSA) is 63.6 Å². The molecule has 1 N–H and O–H groups in total. The molecule has 0 unspecified atom stereocenters. The zero-order valence-corrected chi connectivity index (χ0v) is 11.7. The highest BCUT2D eigenvalue weighted by Crippen LogP contribution is 2.32. The van der Waals surface area contributed by atoms with Crippen molar-refractivity contribution in [2.75, 3.05) is 0 Å². The molecule has 0 aliphatic heterocycles. The summed E-state index contributed by atoms with van der Waals surface area (Å²) in [5, 5.41) is 8.42. The number of hydrogen-bond acceptors (Lipinski definition) is 3. The molecule has 0 aromatic carbocycles. The Hall–Kier alpha value is -1.20. The number of rotatable bonds is 9. The number of carboxylic acids is 1. The maximum atomic E-state index is 13.3. The first-order chi connectivity index (χ1) is 8.65. The Morgan fingerprint density at radius 2 is 1.63 bits per heavy atom. The summed E-state index contributed by atoms with van der Waals surface area (Å²) in [5.74, 6) is -7.19. The molecule has 0 aromatic rings. The lowest BCUT2D eigenvalue weighted by Gasteiger charge is -2.30. The van der Waals surface area contributed by atoms with Crippen molar-refractivity contribution in [2.24, 2.45) is 0 Å². The van der Waals surface area contributed by atoms with Crippen LogP contribution in [0.4, 0.5) is 8.78 Å². The van der Waals surface area contributed by atoms with Crippen LogP contribution < -0.4 is 0 Å². The van der Waals surface area contributed by atoms with Gasteiger partial charge in [0.25, 0.3) is 0 Å². The Labute approximate surface area is 112 Å². The lowest BCUT2D eigenvalue weighted by molar-refractivity contribution is -0.214. The fourth-order valence-electron chi connectivity index (χ4n) is 1.53. The van der Waals surface area contributed by atoms with E-state index in [-0.39, 0.29) is 6.42 Å². The highest BCUT2D eigenvalue weighted by molar-refractivity contribution is 5.78. The van der Waals surface area contributed by atoms with E-state index in [1.165, 1.54) is 0 Å². The first-order valence-electron chi connectivity index (χ1n) is 6.48.